The van der Waals surface area contributed by atoms with Gasteiger partial charge in [0.15, 0.2) is 6.40 Å². The van der Waals surface area contributed by atoms with Gasteiger partial charge in [0.25, 0.3) is 0 Å². The van der Waals surface area contributed by atoms with Crippen LogP contribution >= 0.6 is 0 Å². The minimum atomic E-state index is 0.586. The summed E-state index contributed by atoms with van der Waals surface area (Å²) >= 11 is 0. The maximum absolute atomic E-state index is 5.72. The Hall–Kier alpha value is -1.71. The number of ether oxygens (including phenoxy) is 2. The lowest BCUT2D eigenvalue weighted by Gasteiger charge is -2.06. The summed E-state index contributed by atoms with van der Waals surface area (Å²) in [6.07, 6.45) is 1.42. The third-order valence-electron chi connectivity index (χ3n) is 1.74. The van der Waals surface area contributed by atoms with Crippen LogP contribution in [0.5, 0.6) is 5.75 Å². The molecule has 1 aromatic rings. The summed E-state index contributed by atoms with van der Waals surface area (Å²) in [5.74, 6) is 0.656. The predicted octanol–water partition coefficient (Wildman–Crippen LogP) is 2.36. The summed E-state index contributed by atoms with van der Waals surface area (Å²) < 4.78 is 10.3. The normalized spacial score (nSPS) is 10.5. The van der Waals surface area contributed by atoms with Gasteiger partial charge >= 0.3 is 0 Å². The lowest BCUT2D eigenvalue weighted by molar-refractivity contribution is 0.341. The van der Waals surface area contributed by atoms with Crippen LogP contribution in [0.3, 0.4) is 0 Å². The van der Waals surface area contributed by atoms with Crippen molar-refractivity contribution in [3.05, 3.63) is 18.2 Å². The van der Waals surface area contributed by atoms with Gasteiger partial charge in [-0.2, -0.15) is 0 Å². The number of nitrogens with zero attached hydrogens (tertiary/aromatic N) is 1. The van der Waals surface area contributed by atoms with E-state index in [-0.39, 0.29) is 0 Å². The first kappa shape index (κ1) is 11.4. The first-order chi connectivity index (χ1) is 7.27. The van der Waals surface area contributed by atoms with Crippen molar-refractivity contribution in [2.45, 2.75) is 13.8 Å². The second kappa shape index (κ2) is 5.90. The Labute approximate surface area is 89.7 Å². The standard InChI is InChI=1S/C11H16N2O2/c1-3-14-8-13-9-5-6-10(12)11(7-9)15-4-2/h5-8H,3-4,12H2,1-2H3. The van der Waals surface area contributed by atoms with Gasteiger partial charge in [0.2, 0.25) is 0 Å². The molecule has 0 heterocycles. The highest BCUT2D eigenvalue weighted by atomic mass is 16.5. The molecule has 4 nitrogen and oxygen atoms in total. The van der Waals surface area contributed by atoms with Crippen molar-refractivity contribution in [3.63, 3.8) is 0 Å². The van der Waals surface area contributed by atoms with E-state index in [1.807, 2.05) is 19.9 Å². The number of hydrogen-bond acceptors (Lipinski definition) is 4. The Morgan fingerprint density at radius 3 is 2.80 bits per heavy atom. The quantitative estimate of drug-likeness (QED) is 0.459. The Morgan fingerprint density at radius 1 is 1.33 bits per heavy atom. The van der Waals surface area contributed by atoms with Crippen LogP contribution in [0.1, 0.15) is 13.8 Å². The van der Waals surface area contributed by atoms with E-state index in [1.165, 1.54) is 6.40 Å². The first-order valence-electron chi connectivity index (χ1n) is 4.94. The SMILES string of the molecule is CCOC=Nc1ccc(N)c(OCC)c1. The van der Waals surface area contributed by atoms with E-state index in [0.717, 1.165) is 5.69 Å². The molecular weight excluding hydrogens is 192 g/mol. The zero-order valence-electron chi connectivity index (χ0n) is 9.06. The smallest absolute Gasteiger partial charge is 0.174 e. The monoisotopic (exact) mass is 208 g/mol. The molecule has 0 saturated carbocycles. The lowest BCUT2D eigenvalue weighted by Crippen LogP contribution is -1.96. The van der Waals surface area contributed by atoms with Gasteiger partial charge in [0, 0.05) is 6.07 Å². The van der Waals surface area contributed by atoms with Crippen molar-refractivity contribution >= 4 is 17.8 Å². The number of hydrogen-bond donors (Lipinski definition) is 1. The average Bonchev–Trinajstić information content (AvgIpc) is 2.23. The van der Waals surface area contributed by atoms with Gasteiger partial charge in [-0.15, -0.1) is 0 Å². The number of rotatable bonds is 5. The topological polar surface area (TPSA) is 56.8 Å². The molecule has 0 aliphatic heterocycles. The van der Waals surface area contributed by atoms with E-state index in [2.05, 4.69) is 4.99 Å². The highest BCUT2D eigenvalue weighted by Gasteiger charge is 2.00. The summed E-state index contributed by atoms with van der Waals surface area (Å²) in [5.41, 5.74) is 7.10. The zero-order valence-corrected chi connectivity index (χ0v) is 9.06. The second-order valence-electron chi connectivity index (χ2n) is 2.84. The molecule has 0 aliphatic rings. The lowest BCUT2D eigenvalue weighted by atomic mass is 10.2. The minimum absolute atomic E-state index is 0.586. The van der Waals surface area contributed by atoms with Crippen LogP contribution in [0, 0.1) is 0 Å². The fourth-order valence-corrected chi connectivity index (χ4v) is 1.06. The first-order valence-corrected chi connectivity index (χ1v) is 4.94. The van der Waals surface area contributed by atoms with Gasteiger partial charge in [-0.05, 0) is 26.0 Å². The maximum Gasteiger partial charge on any atom is 0.174 e. The Kier molecular flexibility index (Phi) is 4.47. The molecule has 4 heteroatoms. The van der Waals surface area contributed by atoms with Crippen LogP contribution in [-0.4, -0.2) is 19.6 Å². The molecule has 0 amide bonds. The minimum Gasteiger partial charge on any atom is -0.492 e. The third kappa shape index (κ3) is 3.50. The molecular formula is C11H16N2O2. The molecule has 0 unspecified atom stereocenters. The molecule has 0 fully saturated rings. The summed E-state index contributed by atoms with van der Waals surface area (Å²) in [6.45, 7) is 5.01. The maximum atomic E-state index is 5.72. The molecule has 2 N–H and O–H groups in total. The number of anilines is 1. The van der Waals surface area contributed by atoms with E-state index < -0.39 is 0 Å². The zero-order chi connectivity index (χ0) is 11.1. The number of nitrogen functional groups attached to an aromatic ring is 1. The third-order valence-corrected chi connectivity index (χ3v) is 1.74. The highest BCUT2D eigenvalue weighted by Crippen LogP contribution is 2.26. The van der Waals surface area contributed by atoms with E-state index in [4.69, 9.17) is 15.2 Å². The Bertz CT molecular complexity index is 337. The molecule has 0 atom stereocenters. The van der Waals surface area contributed by atoms with Crippen LogP contribution in [0.25, 0.3) is 0 Å². The second-order valence-corrected chi connectivity index (χ2v) is 2.84. The van der Waals surface area contributed by atoms with E-state index >= 15 is 0 Å². The van der Waals surface area contributed by atoms with Crippen LogP contribution in [0.4, 0.5) is 11.4 Å². The molecule has 15 heavy (non-hydrogen) atoms. The van der Waals surface area contributed by atoms with Crippen molar-refractivity contribution in [1.82, 2.24) is 0 Å². The molecule has 1 aromatic carbocycles. The van der Waals surface area contributed by atoms with Crippen molar-refractivity contribution < 1.29 is 9.47 Å². The Balaban J connectivity index is 2.77. The van der Waals surface area contributed by atoms with Gasteiger partial charge in [0.1, 0.15) is 5.75 Å². The molecule has 0 bridgehead atoms. The molecule has 0 spiro atoms. The number of nitrogens with two attached hydrogens (primary N) is 1. The predicted molar refractivity (Wildman–Crippen MR) is 61.8 cm³/mol. The number of aliphatic imine (C=N–C) groups is 1. The number of benzene rings is 1. The van der Waals surface area contributed by atoms with Crippen LogP contribution < -0.4 is 10.5 Å². The Morgan fingerprint density at radius 2 is 2.13 bits per heavy atom. The van der Waals surface area contributed by atoms with Gasteiger partial charge in [-0.1, -0.05) is 0 Å². The molecule has 82 valence electrons. The van der Waals surface area contributed by atoms with Crippen LogP contribution in [0.15, 0.2) is 23.2 Å². The summed E-state index contributed by atoms with van der Waals surface area (Å²) in [5, 5.41) is 0. The van der Waals surface area contributed by atoms with Crippen molar-refractivity contribution in [3.8, 4) is 5.75 Å². The molecule has 0 saturated heterocycles. The molecule has 0 aromatic heterocycles. The van der Waals surface area contributed by atoms with Crippen molar-refractivity contribution in [2.24, 2.45) is 4.99 Å². The average molecular weight is 208 g/mol. The van der Waals surface area contributed by atoms with E-state index in [0.29, 0.717) is 24.7 Å². The van der Waals surface area contributed by atoms with Gasteiger partial charge in [-0.3, -0.25) is 0 Å². The van der Waals surface area contributed by atoms with Crippen LogP contribution in [-0.2, 0) is 4.74 Å². The van der Waals surface area contributed by atoms with Crippen molar-refractivity contribution in [1.29, 1.82) is 0 Å². The molecule has 0 aliphatic carbocycles. The molecule has 1 rings (SSSR count). The van der Waals surface area contributed by atoms with Crippen LogP contribution in [0.2, 0.25) is 0 Å². The summed E-state index contributed by atoms with van der Waals surface area (Å²) in [4.78, 5) is 4.10. The van der Waals surface area contributed by atoms with Gasteiger partial charge in [0.05, 0.1) is 24.6 Å². The van der Waals surface area contributed by atoms with Gasteiger partial charge in [-0.25, -0.2) is 4.99 Å². The fraction of sp³-hybridized carbons (Fsp3) is 0.364. The van der Waals surface area contributed by atoms with E-state index in [9.17, 15) is 0 Å². The fourth-order valence-electron chi connectivity index (χ4n) is 1.06. The highest BCUT2D eigenvalue weighted by molar-refractivity contribution is 5.63. The summed E-state index contributed by atoms with van der Waals surface area (Å²) in [7, 11) is 0. The van der Waals surface area contributed by atoms with Crippen molar-refractivity contribution in [2.75, 3.05) is 18.9 Å². The largest absolute Gasteiger partial charge is 0.492 e. The summed E-state index contributed by atoms with van der Waals surface area (Å²) in [6, 6.07) is 5.37. The van der Waals surface area contributed by atoms with Gasteiger partial charge < -0.3 is 15.2 Å². The molecule has 0 radical (unpaired) electrons. The van der Waals surface area contributed by atoms with E-state index in [1.54, 1.807) is 12.1 Å².